The van der Waals surface area contributed by atoms with Crippen LogP contribution in [0.2, 0.25) is 0 Å². The molecule has 21 heavy (non-hydrogen) atoms. The molecule has 0 saturated heterocycles. The molecule has 0 aromatic carbocycles. The summed E-state index contributed by atoms with van der Waals surface area (Å²) in [5, 5.41) is 3.59. The first-order valence-corrected chi connectivity index (χ1v) is 8.81. The molecular weight excluding hydrogens is 280 g/mol. The highest BCUT2D eigenvalue weighted by Gasteiger charge is 2.18. The molecule has 116 valence electrons. The number of fused-ring (bicyclic) bond motifs is 1. The average molecular weight is 306 g/mol. The summed E-state index contributed by atoms with van der Waals surface area (Å²) in [6.07, 6.45) is 7.78. The van der Waals surface area contributed by atoms with Gasteiger partial charge < -0.3 is 10.2 Å². The Balaban J connectivity index is 1.51. The van der Waals surface area contributed by atoms with Crippen molar-refractivity contribution in [3.8, 4) is 0 Å². The first kappa shape index (κ1) is 15.0. The Morgan fingerprint density at radius 3 is 2.90 bits per heavy atom. The largest absolute Gasteiger partial charge is 0.310 e. The number of nitrogens with one attached hydrogen (secondary N) is 1. The van der Waals surface area contributed by atoms with Gasteiger partial charge in [-0.25, -0.2) is 4.98 Å². The van der Waals surface area contributed by atoms with Gasteiger partial charge in [0.25, 0.3) is 0 Å². The first-order valence-electron chi connectivity index (χ1n) is 8.00. The molecule has 1 fully saturated rings. The molecular formula is C16H26N4S. The summed E-state index contributed by atoms with van der Waals surface area (Å²) in [6, 6.07) is 0.815. The Morgan fingerprint density at radius 1 is 1.38 bits per heavy atom. The highest BCUT2D eigenvalue weighted by molar-refractivity contribution is 7.17. The third-order valence-corrected chi connectivity index (χ3v) is 5.52. The van der Waals surface area contributed by atoms with Crippen molar-refractivity contribution in [2.45, 2.75) is 52.1 Å². The average Bonchev–Trinajstić information content (AvgIpc) is 3.12. The van der Waals surface area contributed by atoms with Gasteiger partial charge in [-0.05, 0) is 33.7 Å². The van der Waals surface area contributed by atoms with E-state index in [1.54, 1.807) is 11.3 Å². The van der Waals surface area contributed by atoms with Crippen LogP contribution in [0.15, 0.2) is 6.20 Å². The summed E-state index contributed by atoms with van der Waals surface area (Å²) in [5.74, 6) is 0. The van der Waals surface area contributed by atoms with Crippen molar-refractivity contribution >= 4 is 16.3 Å². The number of thiazole rings is 1. The molecule has 3 rings (SSSR count). The summed E-state index contributed by atoms with van der Waals surface area (Å²) in [5.41, 5.74) is 2.45. The minimum Gasteiger partial charge on any atom is -0.310 e. The SMILES string of the molecule is Cc1cn2c(CNCCN(C)C3CCCC3)c(C)nc2s1. The molecule has 2 aromatic rings. The molecule has 1 N–H and O–H groups in total. The van der Waals surface area contributed by atoms with Crippen LogP contribution < -0.4 is 5.32 Å². The van der Waals surface area contributed by atoms with E-state index in [0.717, 1.165) is 36.3 Å². The standard InChI is InChI=1S/C16H26N4S/c1-12-11-20-15(13(2)18-16(20)21-12)10-17-8-9-19(3)14-6-4-5-7-14/h11,14,17H,4-10H2,1-3H3. The number of rotatable bonds is 6. The third kappa shape index (κ3) is 3.30. The van der Waals surface area contributed by atoms with Crippen LogP contribution in [-0.4, -0.2) is 40.5 Å². The smallest absolute Gasteiger partial charge is 0.194 e. The zero-order valence-corrected chi connectivity index (χ0v) is 14.2. The van der Waals surface area contributed by atoms with E-state index in [-0.39, 0.29) is 0 Å². The van der Waals surface area contributed by atoms with Gasteiger partial charge in [0.15, 0.2) is 4.96 Å². The van der Waals surface area contributed by atoms with Gasteiger partial charge in [0, 0.05) is 36.8 Å². The lowest BCUT2D eigenvalue weighted by Gasteiger charge is -2.23. The fraction of sp³-hybridized carbons (Fsp3) is 0.688. The maximum absolute atomic E-state index is 4.64. The summed E-state index contributed by atoms with van der Waals surface area (Å²) in [6.45, 7) is 7.33. The minimum absolute atomic E-state index is 0.815. The van der Waals surface area contributed by atoms with E-state index in [1.165, 1.54) is 36.3 Å². The van der Waals surface area contributed by atoms with Crippen molar-refractivity contribution in [3.63, 3.8) is 0 Å². The quantitative estimate of drug-likeness (QED) is 0.833. The Morgan fingerprint density at radius 2 is 2.14 bits per heavy atom. The van der Waals surface area contributed by atoms with Crippen molar-refractivity contribution in [3.05, 3.63) is 22.5 Å². The van der Waals surface area contributed by atoms with Crippen molar-refractivity contribution in [2.75, 3.05) is 20.1 Å². The normalized spacial score (nSPS) is 16.6. The van der Waals surface area contributed by atoms with E-state index in [1.807, 2.05) is 0 Å². The van der Waals surface area contributed by atoms with Gasteiger partial charge in [0.2, 0.25) is 0 Å². The molecule has 0 amide bonds. The van der Waals surface area contributed by atoms with Gasteiger partial charge in [-0.3, -0.25) is 4.40 Å². The Bertz CT molecular complexity index is 595. The lowest BCUT2D eigenvalue weighted by molar-refractivity contribution is 0.245. The third-order valence-electron chi connectivity index (χ3n) is 4.62. The Labute approximate surface area is 131 Å². The van der Waals surface area contributed by atoms with Crippen LogP contribution in [0.25, 0.3) is 4.96 Å². The fourth-order valence-electron chi connectivity index (χ4n) is 3.31. The summed E-state index contributed by atoms with van der Waals surface area (Å²) in [4.78, 5) is 9.60. The molecule has 0 aliphatic heterocycles. The Kier molecular flexibility index (Phi) is 4.62. The van der Waals surface area contributed by atoms with E-state index < -0.39 is 0 Å². The van der Waals surface area contributed by atoms with Crippen LogP contribution in [0.5, 0.6) is 0 Å². The number of likely N-dealkylation sites (N-methyl/N-ethyl adjacent to an activating group) is 1. The van der Waals surface area contributed by atoms with Gasteiger partial charge in [-0.1, -0.05) is 12.8 Å². The zero-order chi connectivity index (χ0) is 14.8. The predicted molar refractivity (Wildman–Crippen MR) is 89.1 cm³/mol. The van der Waals surface area contributed by atoms with E-state index >= 15 is 0 Å². The number of aryl methyl sites for hydroxylation is 2. The summed E-state index contributed by atoms with van der Waals surface area (Å²) >= 11 is 1.76. The highest BCUT2D eigenvalue weighted by Crippen LogP contribution is 2.22. The van der Waals surface area contributed by atoms with Crippen LogP contribution in [0.3, 0.4) is 0 Å². The minimum atomic E-state index is 0.815. The summed E-state index contributed by atoms with van der Waals surface area (Å²) in [7, 11) is 2.27. The van der Waals surface area contributed by atoms with Crippen molar-refractivity contribution < 1.29 is 0 Å². The van der Waals surface area contributed by atoms with Gasteiger partial charge >= 0.3 is 0 Å². The molecule has 0 unspecified atom stereocenters. The molecule has 1 aliphatic rings. The maximum Gasteiger partial charge on any atom is 0.194 e. The van der Waals surface area contributed by atoms with Crippen LogP contribution >= 0.6 is 11.3 Å². The second-order valence-electron chi connectivity index (χ2n) is 6.23. The van der Waals surface area contributed by atoms with Gasteiger partial charge in [0.05, 0.1) is 11.4 Å². The second-order valence-corrected chi connectivity index (χ2v) is 7.45. The van der Waals surface area contributed by atoms with Gasteiger partial charge in [0.1, 0.15) is 0 Å². The molecule has 1 saturated carbocycles. The predicted octanol–water partition coefficient (Wildman–Crippen LogP) is 2.98. The molecule has 0 spiro atoms. The van der Waals surface area contributed by atoms with E-state index in [2.05, 4.69) is 46.7 Å². The highest BCUT2D eigenvalue weighted by atomic mass is 32.1. The monoisotopic (exact) mass is 306 g/mol. The van der Waals surface area contributed by atoms with E-state index in [0.29, 0.717) is 0 Å². The Hall–Kier alpha value is -0.910. The summed E-state index contributed by atoms with van der Waals surface area (Å²) < 4.78 is 2.24. The van der Waals surface area contributed by atoms with Gasteiger partial charge in [-0.2, -0.15) is 0 Å². The van der Waals surface area contributed by atoms with Crippen LogP contribution in [0.4, 0.5) is 0 Å². The molecule has 0 atom stereocenters. The molecule has 2 aromatic heterocycles. The molecule has 0 radical (unpaired) electrons. The maximum atomic E-state index is 4.64. The fourth-order valence-corrected chi connectivity index (χ4v) is 4.20. The van der Waals surface area contributed by atoms with Gasteiger partial charge in [-0.15, -0.1) is 11.3 Å². The van der Waals surface area contributed by atoms with E-state index in [9.17, 15) is 0 Å². The number of imidazole rings is 1. The van der Waals surface area contributed by atoms with Crippen molar-refractivity contribution in [1.29, 1.82) is 0 Å². The topological polar surface area (TPSA) is 32.6 Å². The van der Waals surface area contributed by atoms with Crippen LogP contribution in [-0.2, 0) is 6.54 Å². The number of aromatic nitrogens is 2. The molecule has 4 nitrogen and oxygen atoms in total. The second kappa shape index (κ2) is 6.46. The molecule has 2 heterocycles. The molecule has 1 aliphatic carbocycles. The zero-order valence-electron chi connectivity index (χ0n) is 13.4. The van der Waals surface area contributed by atoms with Crippen LogP contribution in [0.1, 0.15) is 41.9 Å². The number of hydrogen-bond acceptors (Lipinski definition) is 4. The van der Waals surface area contributed by atoms with E-state index in [4.69, 9.17) is 0 Å². The molecule has 0 bridgehead atoms. The number of nitrogens with zero attached hydrogens (tertiary/aromatic N) is 3. The molecule has 5 heteroatoms. The van der Waals surface area contributed by atoms with Crippen LogP contribution in [0, 0.1) is 13.8 Å². The first-order chi connectivity index (χ1) is 10.1. The lowest BCUT2D eigenvalue weighted by atomic mass is 10.2. The van der Waals surface area contributed by atoms with Crippen molar-refractivity contribution in [1.82, 2.24) is 19.6 Å². The number of hydrogen-bond donors (Lipinski definition) is 1. The lowest BCUT2D eigenvalue weighted by Crippen LogP contribution is -2.35. The van der Waals surface area contributed by atoms with Crippen molar-refractivity contribution in [2.24, 2.45) is 0 Å².